The lowest BCUT2D eigenvalue weighted by Gasteiger charge is -2.39. The number of nitrogens with one attached hydrogen (secondary N) is 1. The van der Waals surface area contributed by atoms with E-state index in [1.165, 1.54) is 4.31 Å². The number of carbonyl (C=O) groups is 1. The highest BCUT2D eigenvalue weighted by Gasteiger charge is 2.39. The van der Waals surface area contributed by atoms with E-state index in [4.69, 9.17) is 9.47 Å². The lowest BCUT2D eigenvalue weighted by Crippen LogP contribution is -2.53. The number of fused-ring (bicyclic) bond motifs is 1. The Morgan fingerprint density at radius 2 is 1.64 bits per heavy atom. The average molecular weight is 507 g/mol. The van der Waals surface area contributed by atoms with Crippen LogP contribution in [-0.2, 0) is 25.0 Å². The number of para-hydroxylation sites is 2. The lowest BCUT2D eigenvalue weighted by molar-refractivity contribution is -0.128. The summed E-state index contributed by atoms with van der Waals surface area (Å²) in [5, 5.41) is 3.07. The van der Waals surface area contributed by atoms with Gasteiger partial charge in [-0.1, -0.05) is 60.2 Å². The van der Waals surface area contributed by atoms with Crippen LogP contribution in [0.4, 0.5) is 5.69 Å². The number of benzene rings is 3. The molecule has 1 saturated heterocycles. The van der Waals surface area contributed by atoms with E-state index < -0.39 is 16.1 Å². The molecule has 2 heterocycles. The van der Waals surface area contributed by atoms with Crippen molar-refractivity contribution in [3.63, 3.8) is 0 Å². The molecule has 2 aliphatic rings. The molecule has 0 aliphatic carbocycles. The topological polar surface area (TPSA) is 84.9 Å². The molecule has 2 aliphatic heterocycles. The highest BCUT2D eigenvalue weighted by molar-refractivity contribution is 7.92. The van der Waals surface area contributed by atoms with Crippen molar-refractivity contribution in [3.05, 3.63) is 90.0 Å². The Bertz CT molecular complexity index is 1320. The Balaban J connectivity index is 1.39. The van der Waals surface area contributed by atoms with E-state index in [0.717, 1.165) is 24.0 Å². The van der Waals surface area contributed by atoms with Crippen molar-refractivity contribution in [1.29, 1.82) is 0 Å². The minimum Gasteiger partial charge on any atom is -0.476 e. The van der Waals surface area contributed by atoms with Crippen molar-refractivity contribution < 1.29 is 22.7 Å². The van der Waals surface area contributed by atoms with E-state index >= 15 is 0 Å². The quantitative estimate of drug-likeness (QED) is 0.550. The van der Waals surface area contributed by atoms with Gasteiger partial charge in [0.25, 0.3) is 15.9 Å². The smallest absolute Gasteiger partial charge is 0.264 e. The van der Waals surface area contributed by atoms with Gasteiger partial charge in [0.1, 0.15) is 5.75 Å². The Morgan fingerprint density at radius 1 is 0.972 bits per heavy atom. The monoisotopic (exact) mass is 506 g/mol. The highest BCUT2D eigenvalue weighted by Crippen LogP contribution is 2.37. The summed E-state index contributed by atoms with van der Waals surface area (Å²) in [6.45, 7) is 3.47. The summed E-state index contributed by atoms with van der Waals surface area (Å²) >= 11 is 0. The molecule has 0 bridgehead atoms. The molecule has 0 spiro atoms. The third kappa shape index (κ3) is 4.70. The normalized spacial score (nSPS) is 19.1. The third-order valence-electron chi connectivity index (χ3n) is 7.07. The number of ether oxygens (including phenoxy) is 2. The maximum Gasteiger partial charge on any atom is 0.264 e. The van der Waals surface area contributed by atoms with Gasteiger partial charge in [-0.2, -0.15) is 0 Å². The van der Waals surface area contributed by atoms with E-state index in [1.807, 2.05) is 25.1 Å². The Labute approximate surface area is 212 Å². The molecule has 5 rings (SSSR count). The highest BCUT2D eigenvalue weighted by atomic mass is 32.2. The van der Waals surface area contributed by atoms with Crippen molar-refractivity contribution in [2.75, 3.05) is 30.6 Å². The second-order valence-electron chi connectivity index (χ2n) is 9.40. The van der Waals surface area contributed by atoms with Crippen LogP contribution in [0.2, 0.25) is 0 Å². The van der Waals surface area contributed by atoms with Crippen LogP contribution in [0, 0.1) is 6.92 Å². The minimum absolute atomic E-state index is 0.111. The molecule has 0 radical (unpaired) electrons. The van der Waals surface area contributed by atoms with Crippen molar-refractivity contribution in [3.8, 4) is 5.75 Å². The van der Waals surface area contributed by atoms with Gasteiger partial charge < -0.3 is 14.8 Å². The molecule has 1 fully saturated rings. The van der Waals surface area contributed by atoms with Crippen LogP contribution in [0.15, 0.2) is 83.8 Å². The Morgan fingerprint density at radius 3 is 2.36 bits per heavy atom. The molecule has 0 aromatic heterocycles. The summed E-state index contributed by atoms with van der Waals surface area (Å²) in [6.07, 6.45) is 0.604. The van der Waals surface area contributed by atoms with Crippen LogP contribution in [0.5, 0.6) is 5.75 Å². The van der Waals surface area contributed by atoms with Gasteiger partial charge in [0.2, 0.25) is 0 Å². The molecule has 3 aromatic rings. The zero-order chi connectivity index (χ0) is 25.2. The van der Waals surface area contributed by atoms with Gasteiger partial charge in [-0.3, -0.25) is 9.10 Å². The minimum atomic E-state index is -3.89. The molecule has 1 atom stereocenters. The molecule has 36 heavy (non-hydrogen) atoms. The van der Waals surface area contributed by atoms with Crippen molar-refractivity contribution in [2.24, 2.45) is 0 Å². The summed E-state index contributed by atoms with van der Waals surface area (Å²) in [4.78, 5) is 13.6. The van der Waals surface area contributed by atoms with Crippen LogP contribution in [0.3, 0.4) is 0 Å². The van der Waals surface area contributed by atoms with E-state index in [-0.39, 0.29) is 22.8 Å². The van der Waals surface area contributed by atoms with Crippen molar-refractivity contribution in [2.45, 2.75) is 36.2 Å². The second-order valence-corrected chi connectivity index (χ2v) is 11.3. The van der Waals surface area contributed by atoms with Gasteiger partial charge >= 0.3 is 0 Å². The van der Waals surface area contributed by atoms with E-state index in [1.54, 1.807) is 48.5 Å². The molecule has 0 unspecified atom stereocenters. The first kappa shape index (κ1) is 24.3. The number of hydrogen-bond donors (Lipinski definition) is 1. The molecule has 0 saturated carbocycles. The molecule has 7 nitrogen and oxygen atoms in total. The largest absolute Gasteiger partial charge is 0.476 e. The zero-order valence-electron chi connectivity index (χ0n) is 20.2. The fourth-order valence-electron chi connectivity index (χ4n) is 4.90. The standard InChI is InChI=1S/C28H30N2O5S/c1-21-11-13-23(14-12-21)36(32,33)30-19-26(35-25-10-6-5-9-24(25)30)27(31)29-20-28(15-17-34-18-16-28)22-7-3-2-4-8-22/h2-14,26H,15-20H2,1H3,(H,29,31)/t26-/m0/s1. The number of anilines is 1. The van der Waals surface area contributed by atoms with E-state index in [0.29, 0.717) is 31.2 Å². The third-order valence-corrected chi connectivity index (χ3v) is 8.87. The van der Waals surface area contributed by atoms with Gasteiger partial charge in [-0.15, -0.1) is 0 Å². The molecule has 188 valence electrons. The fraction of sp³-hybridized carbons (Fsp3) is 0.321. The van der Waals surface area contributed by atoms with Crippen LogP contribution < -0.4 is 14.4 Å². The predicted octanol–water partition coefficient (Wildman–Crippen LogP) is 3.82. The molecule has 1 amide bonds. The number of carbonyl (C=O) groups excluding carboxylic acids is 1. The number of sulfonamides is 1. The van der Waals surface area contributed by atoms with Gasteiger partial charge in [0.05, 0.1) is 17.1 Å². The number of amides is 1. The number of rotatable bonds is 6. The van der Waals surface area contributed by atoms with Gasteiger partial charge in [-0.25, -0.2) is 8.42 Å². The average Bonchev–Trinajstić information content (AvgIpc) is 2.92. The summed E-state index contributed by atoms with van der Waals surface area (Å²) in [6, 6.07) is 23.8. The first-order valence-corrected chi connectivity index (χ1v) is 13.6. The van der Waals surface area contributed by atoms with Crippen LogP contribution in [0.1, 0.15) is 24.0 Å². The molecule has 3 aromatic carbocycles. The first-order valence-electron chi connectivity index (χ1n) is 12.2. The van der Waals surface area contributed by atoms with Crippen LogP contribution >= 0.6 is 0 Å². The molecular formula is C28H30N2O5S. The van der Waals surface area contributed by atoms with Gasteiger partial charge in [-0.05, 0) is 49.6 Å². The van der Waals surface area contributed by atoms with Crippen LogP contribution in [0.25, 0.3) is 0 Å². The van der Waals surface area contributed by atoms with Crippen molar-refractivity contribution >= 4 is 21.6 Å². The summed E-state index contributed by atoms with van der Waals surface area (Å²) in [5.74, 6) is 0.0267. The lowest BCUT2D eigenvalue weighted by atomic mass is 9.74. The SMILES string of the molecule is Cc1ccc(S(=O)(=O)N2C[C@@H](C(=O)NCC3(c4ccccc4)CCOCC3)Oc3ccccc32)cc1. The summed E-state index contributed by atoms with van der Waals surface area (Å²) < 4.78 is 40.1. The molecule has 8 heteroatoms. The van der Waals surface area contributed by atoms with E-state index in [2.05, 4.69) is 17.4 Å². The van der Waals surface area contributed by atoms with Crippen molar-refractivity contribution in [1.82, 2.24) is 5.32 Å². The predicted molar refractivity (Wildman–Crippen MR) is 138 cm³/mol. The Hall–Kier alpha value is -3.36. The number of nitrogens with zero attached hydrogens (tertiary/aromatic N) is 1. The molecular weight excluding hydrogens is 476 g/mol. The maximum absolute atomic E-state index is 13.6. The zero-order valence-corrected chi connectivity index (χ0v) is 21.0. The Kier molecular flexibility index (Phi) is 6.73. The molecule has 1 N–H and O–H groups in total. The second kappa shape index (κ2) is 9.95. The summed E-state index contributed by atoms with van der Waals surface area (Å²) in [7, 11) is -3.89. The fourth-order valence-corrected chi connectivity index (χ4v) is 6.37. The van der Waals surface area contributed by atoms with E-state index in [9.17, 15) is 13.2 Å². The maximum atomic E-state index is 13.6. The summed E-state index contributed by atoms with van der Waals surface area (Å²) in [5.41, 5.74) is 2.31. The number of hydrogen-bond acceptors (Lipinski definition) is 5. The first-order chi connectivity index (χ1) is 17.4. The van der Waals surface area contributed by atoms with Crippen LogP contribution in [-0.4, -0.2) is 46.7 Å². The van der Waals surface area contributed by atoms with Gasteiger partial charge in [0, 0.05) is 25.2 Å². The van der Waals surface area contributed by atoms with Gasteiger partial charge in [0.15, 0.2) is 6.10 Å². The number of aryl methyl sites for hydroxylation is 1.